The topological polar surface area (TPSA) is 61.8 Å². The minimum Gasteiger partial charge on any atom is -0.507 e. The molecule has 4 rings (SSSR count). The normalized spacial score (nSPS) is 13.9. The lowest BCUT2D eigenvalue weighted by Gasteiger charge is -2.28. The monoisotopic (exact) mass is 392 g/mol. The zero-order valence-electron chi connectivity index (χ0n) is 15.8. The summed E-state index contributed by atoms with van der Waals surface area (Å²) in [6, 6.07) is 18.2. The van der Waals surface area contributed by atoms with Gasteiger partial charge in [-0.2, -0.15) is 0 Å². The molecule has 29 heavy (non-hydrogen) atoms. The Labute approximate surface area is 168 Å². The van der Waals surface area contributed by atoms with Crippen molar-refractivity contribution in [3.8, 4) is 16.9 Å². The lowest BCUT2D eigenvalue weighted by molar-refractivity contribution is 0.102. The van der Waals surface area contributed by atoms with Crippen LogP contribution in [0.5, 0.6) is 5.75 Å². The molecule has 1 aliphatic rings. The number of aromatic hydroxyl groups is 1. The number of amides is 1. The highest BCUT2D eigenvalue weighted by atomic mass is 19.1. The molecule has 148 valence electrons. The highest BCUT2D eigenvalue weighted by molar-refractivity contribution is 6.05. The molecule has 0 radical (unpaired) electrons. The number of anilines is 2. The number of halogens is 1. The Balaban J connectivity index is 1.52. The molecule has 3 aromatic carbocycles. The summed E-state index contributed by atoms with van der Waals surface area (Å²) in [7, 11) is 0. The third kappa shape index (κ3) is 4.38. The summed E-state index contributed by atoms with van der Waals surface area (Å²) in [5.41, 5.74) is 2.78. The highest BCUT2D eigenvalue weighted by Gasteiger charge is 2.14. The molecule has 0 bridgehead atoms. The molecule has 0 aliphatic carbocycles. The Kier molecular flexibility index (Phi) is 5.44. The number of carbonyl (C=O) groups excluding carboxylic acids is 1. The second kappa shape index (κ2) is 8.32. The van der Waals surface area contributed by atoms with Crippen molar-refractivity contribution >= 4 is 17.3 Å². The summed E-state index contributed by atoms with van der Waals surface area (Å²) in [6.07, 6.45) is 0. The van der Waals surface area contributed by atoms with E-state index >= 15 is 0 Å². The van der Waals surface area contributed by atoms with E-state index in [0.29, 0.717) is 30.0 Å². The fraction of sp³-hybridized carbons (Fsp3) is 0.174. The van der Waals surface area contributed by atoms with Crippen LogP contribution in [0.25, 0.3) is 11.1 Å². The van der Waals surface area contributed by atoms with Crippen LogP contribution in [-0.4, -0.2) is 37.3 Å². The molecule has 1 fully saturated rings. The van der Waals surface area contributed by atoms with Crippen LogP contribution in [0.2, 0.25) is 0 Å². The summed E-state index contributed by atoms with van der Waals surface area (Å²) in [5.74, 6) is -0.929. The van der Waals surface area contributed by atoms with Gasteiger partial charge in [0.25, 0.3) is 5.91 Å². The van der Waals surface area contributed by atoms with Crippen LogP contribution >= 0.6 is 0 Å². The van der Waals surface area contributed by atoms with Gasteiger partial charge >= 0.3 is 0 Å². The SMILES string of the molecule is O=C(Nc1ccc(N2CCOCC2)cc1)c1cc(F)cc(-c2ccccc2O)c1. The van der Waals surface area contributed by atoms with Gasteiger partial charge in [-0.25, -0.2) is 4.39 Å². The number of carbonyl (C=O) groups is 1. The maximum Gasteiger partial charge on any atom is 0.255 e. The van der Waals surface area contributed by atoms with Gasteiger partial charge in [0.15, 0.2) is 0 Å². The van der Waals surface area contributed by atoms with E-state index in [4.69, 9.17) is 4.74 Å². The van der Waals surface area contributed by atoms with Crippen LogP contribution in [-0.2, 0) is 4.74 Å². The highest BCUT2D eigenvalue weighted by Crippen LogP contribution is 2.30. The van der Waals surface area contributed by atoms with Crippen LogP contribution in [0.3, 0.4) is 0 Å². The number of para-hydroxylation sites is 1. The van der Waals surface area contributed by atoms with Gasteiger partial charge in [-0.05, 0) is 54.1 Å². The van der Waals surface area contributed by atoms with Gasteiger partial charge in [0.2, 0.25) is 0 Å². The number of benzene rings is 3. The molecule has 0 aromatic heterocycles. The van der Waals surface area contributed by atoms with Gasteiger partial charge < -0.3 is 20.1 Å². The predicted octanol–water partition coefficient (Wildman–Crippen LogP) is 4.29. The zero-order chi connectivity index (χ0) is 20.2. The number of hydrogen-bond donors (Lipinski definition) is 2. The van der Waals surface area contributed by atoms with E-state index in [9.17, 15) is 14.3 Å². The fourth-order valence-corrected chi connectivity index (χ4v) is 3.37. The lowest BCUT2D eigenvalue weighted by Crippen LogP contribution is -2.36. The smallest absolute Gasteiger partial charge is 0.255 e. The molecule has 2 N–H and O–H groups in total. The maximum absolute atomic E-state index is 14.1. The number of nitrogens with one attached hydrogen (secondary N) is 1. The largest absolute Gasteiger partial charge is 0.507 e. The second-order valence-corrected chi connectivity index (χ2v) is 6.85. The van der Waals surface area contributed by atoms with Crippen molar-refractivity contribution in [2.45, 2.75) is 0 Å². The van der Waals surface area contributed by atoms with Crippen molar-refractivity contribution in [2.75, 3.05) is 36.5 Å². The molecule has 6 heteroatoms. The average Bonchev–Trinajstić information content (AvgIpc) is 2.75. The summed E-state index contributed by atoms with van der Waals surface area (Å²) >= 11 is 0. The van der Waals surface area contributed by atoms with Crippen molar-refractivity contribution in [3.05, 3.63) is 78.1 Å². The van der Waals surface area contributed by atoms with Gasteiger partial charge in [-0.3, -0.25) is 4.79 Å². The minimum absolute atomic E-state index is 0.0307. The number of phenolic OH excluding ortho intramolecular Hbond substituents is 1. The Morgan fingerprint density at radius 1 is 1.00 bits per heavy atom. The third-order valence-electron chi connectivity index (χ3n) is 4.88. The van der Waals surface area contributed by atoms with E-state index in [1.54, 1.807) is 24.3 Å². The predicted molar refractivity (Wildman–Crippen MR) is 111 cm³/mol. The Bertz CT molecular complexity index is 1010. The number of ether oxygens (including phenoxy) is 1. The molecular formula is C23H21FN2O3. The summed E-state index contributed by atoms with van der Waals surface area (Å²) in [6.45, 7) is 3.09. The van der Waals surface area contributed by atoms with E-state index in [1.165, 1.54) is 18.2 Å². The van der Waals surface area contributed by atoms with Crippen LogP contribution in [0, 0.1) is 5.82 Å². The first kappa shape index (κ1) is 19.0. The van der Waals surface area contributed by atoms with Crippen molar-refractivity contribution < 1.29 is 19.0 Å². The van der Waals surface area contributed by atoms with Crippen molar-refractivity contribution in [1.82, 2.24) is 0 Å². The molecule has 0 atom stereocenters. The molecule has 0 unspecified atom stereocenters. The van der Waals surface area contributed by atoms with Crippen LogP contribution < -0.4 is 10.2 Å². The van der Waals surface area contributed by atoms with Crippen LogP contribution in [0.1, 0.15) is 10.4 Å². The molecule has 0 saturated carbocycles. The summed E-state index contributed by atoms with van der Waals surface area (Å²) in [4.78, 5) is 14.9. The molecule has 1 saturated heterocycles. The third-order valence-corrected chi connectivity index (χ3v) is 4.88. The molecule has 0 spiro atoms. The zero-order valence-corrected chi connectivity index (χ0v) is 15.8. The van der Waals surface area contributed by atoms with E-state index in [0.717, 1.165) is 18.8 Å². The maximum atomic E-state index is 14.1. The van der Waals surface area contributed by atoms with Gasteiger partial charge in [-0.15, -0.1) is 0 Å². The summed E-state index contributed by atoms with van der Waals surface area (Å²) < 4.78 is 19.5. The number of nitrogens with zero attached hydrogens (tertiary/aromatic N) is 1. The average molecular weight is 392 g/mol. The number of hydrogen-bond acceptors (Lipinski definition) is 4. The van der Waals surface area contributed by atoms with Crippen LogP contribution in [0.4, 0.5) is 15.8 Å². The number of rotatable bonds is 4. The second-order valence-electron chi connectivity index (χ2n) is 6.85. The Hall–Kier alpha value is -3.38. The summed E-state index contributed by atoms with van der Waals surface area (Å²) in [5, 5.41) is 12.8. The number of phenols is 1. The molecular weight excluding hydrogens is 371 g/mol. The van der Waals surface area contributed by atoms with E-state index < -0.39 is 11.7 Å². The van der Waals surface area contributed by atoms with E-state index in [-0.39, 0.29) is 11.3 Å². The molecule has 1 amide bonds. The molecule has 3 aromatic rings. The van der Waals surface area contributed by atoms with Gasteiger partial charge in [0.05, 0.1) is 13.2 Å². The first-order valence-electron chi connectivity index (χ1n) is 9.43. The van der Waals surface area contributed by atoms with Crippen LogP contribution in [0.15, 0.2) is 66.7 Å². The fourth-order valence-electron chi connectivity index (χ4n) is 3.37. The number of morpholine rings is 1. The standard InChI is InChI=1S/C23H21FN2O3/c24-18-14-16(21-3-1-2-4-22(21)27)13-17(15-18)23(28)25-19-5-7-20(8-6-19)26-9-11-29-12-10-26/h1-8,13-15,27H,9-12H2,(H,25,28). The minimum atomic E-state index is -0.543. The van der Waals surface area contributed by atoms with Gasteiger partial charge in [-0.1, -0.05) is 18.2 Å². The first-order chi connectivity index (χ1) is 14.1. The van der Waals surface area contributed by atoms with Crippen molar-refractivity contribution in [1.29, 1.82) is 0 Å². The van der Waals surface area contributed by atoms with Gasteiger partial charge in [0, 0.05) is 35.6 Å². The van der Waals surface area contributed by atoms with E-state index in [1.807, 2.05) is 24.3 Å². The van der Waals surface area contributed by atoms with Crippen molar-refractivity contribution in [3.63, 3.8) is 0 Å². The van der Waals surface area contributed by atoms with Crippen molar-refractivity contribution in [2.24, 2.45) is 0 Å². The lowest BCUT2D eigenvalue weighted by atomic mass is 10.0. The first-order valence-corrected chi connectivity index (χ1v) is 9.43. The molecule has 5 nitrogen and oxygen atoms in total. The quantitative estimate of drug-likeness (QED) is 0.696. The Morgan fingerprint density at radius 3 is 2.45 bits per heavy atom. The molecule has 1 aliphatic heterocycles. The Morgan fingerprint density at radius 2 is 1.72 bits per heavy atom. The molecule has 1 heterocycles. The van der Waals surface area contributed by atoms with E-state index in [2.05, 4.69) is 10.2 Å². The van der Waals surface area contributed by atoms with Gasteiger partial charge in [0.1, 0.15) is 11.6 Å².